The molecule has 12 heteroatoms. The summed E-state index contributed by atoms with van der Waals surface area (Å²) in [6.07, 6.45) is -4.88. The van der Waals surface area contributed by atoms with E-state index in [1.54, 1.807) is 18.2 Å². The molecule has 4 aromatic rings. The van der Waals surface area contributed by atoms with E-state index in [4.69, 9.17) is 10.5 Å². The van der Waals surface area contributed by atoms with Crippen molar-refractivity contribution in [1.29, 1.82) is 0 Å². The molecule has 0 aliphatic carbocycles. The van der Waals surface area contributed by atoms with Gasteiger partial charge < -0.3 is 20.5 Å². The molecular formula is C20H17F3N6O3. The maximum atomic E-state index is 12.3. The lowest BCUT2D eigenvalue weighted by molar-refractivity contribution is -0.274. The zero-order chi connectivity index (χ0) is 22.9. The largest absolute Gasteiger partial charge is 0.573 e. The third-order valence-electron chi connectivity index (χ3n) is 4.52. The second-order valence-electron chi connectivity index (χ2n) is 6.74. The first-order valence-electron chi connectivity index (χ1n) is 9.33. The monoisotopic (exact) mass is 446 g/mol. The molecule has 3 N–H and O–H groups in total. The number of hydrogen-bond donors (Lipinski definition) is 2. The Hall–Kier alpha value is -4.09. The number of anilines is 1. The summed E-state index contributed by atoms with van der Waals surface area (Å²) in [4.78, 5) is 21.0. The Morgan fingerprint density at radius 1 is 1.16 bits per heavy atom. The number of methoxy groups -OCH3 is 1. The Bertz CT molecular complexity index is 1290. The number of amides is 1. The Balaban J connectivity index is 1.46. The van der Waals surface area contributed by atoms with Gasteiger partial charge in [0.25, 0.3) is 0 Å². The van der Waals surface area contributed by atoms with Gasteiger partial charge in [-0.25, -0.2) is 9.97 Å². The van der Waals surface area contributed by atoms with E-state index in [-0.39, 0.29) is 36.4 Å². The van der Waals surface area contributed by atoms with Crippen molar-refractivity contribution < 1.29 is 27.4 Å². The summed E-state index contributed by atoms with van der Waals surface area (Å²) in [5, 5.41) is 7.59. The molecule has 0 aliphatic heterocycles. The van der Waals surface area contributed by atoms with Crippen LogP contribution in [0.2, 0.25) is 0 Å². The van der Waals surface area contributed by atoms with Crippen LogP contribution in [0.4, 0.5) is 19.1 Å². The highest BCUT2D eigenvalue weighted by atomic mass is 19.4. The second-order valence-corrected chi connectivity index (χ2v) is 6.74. The lowest BCUT2D eigenvalue weighted by Gasteiger charge is -2.09. The molecule has 1 amide bonds. The molecule has 4 rings (SSSR count). The molecule has 0 fully saturated rings. The minimum Gasteiger partial charge on any atom is -0.494 e. The van der Waals surface area contributed by atoms with Crippen molar-refractivity contribution >= 4 is 28.4 Å². The van der Waals surface area contributed by atoms with E-state index in [2.05, 4.69) is 25.1 Å². The van der Waals surface area contributed by atoms with Crippen LogP contribution in [0, 0.1) is 0 Å². The van der Waals surface area contributed by atoms with Gasteiger partial charge in [-0.05, 0) is 29.8 Å². The quantitative estimate of drug-likeness (QED) is 0.468. The van der Waals surface area contributed by atoms with Crippen molar-refractivity contribution in [2.45, 2.75) is 19.3 Å². The van der Waals surface area contributed by atoms with Gasteiger partial charge in [0.1, 0.15) is 17.0 Å². The van der Waals surface area contributed by atoms with Crippen molar-refractivity contribution in [3.05, 3.63) is 53.9 Å². The topological polar surface area (TPSA) is 117 Å². The van der Waals surface area contributed by atoms with E-state index in [1.807, 2.05) is 0 Å². The lowest BCUT2D eigenvalue weighted by Crippen LogP contribution is -2.25. The zero-order valence-corrected chi connectivity index (χ0v) is 16.7. The lowest BCUT2D eigenvalue weighted by atomic mass is 10.2. The molecule has 2 aromatic heterocycles. The first-order valence-corrected chi connectivity index (χ1v) is 9.33. The highest BCUT2D eigenvalue weighted by molar-refractivity contribution is 5.95. The number of nitrogens with two attached hydrogens (primary N) is 1. The molecule has 32 heavy (non-hydrogen) atoms. The maximum absolute atomic E-state index is 12.3. The van der Waals surface area contributed by atoms with E-state index in [0.29, 0.717) is 27.9 Å². The number of carbonyl (C=O) groups is 1. The summed E-state index contributed by atoms with van der Waals surface area (Å²) in [7, 11) is 1.52. The first kappa shape index (κ1) is 21.2. The van der Waals surface area contributed by atoms with Gasteiger partial charge in [0.05, 0.1) is 13.5 Å². The molecule has 0 aliphatic rings. The summed E-state index contributed by atoms with van der Waals surface area (Å²) in [6.45, 7) is 0.113. The summed E-state index contributed by atoms with van der Waals surface area (Å²) in [5.41, 5.74) is 7.56. The van der Waals surface area contributed by atoms with Gasteiger partial charge in [-0.1, -0.05) is 18.2 Å². The van der Waals surface area contributed by atoms with Gasteiger partial charge in [-0.3, -0.25) is 4.79 Å². The number of nitrogens with zero attached hydrogens (tertiary/aromatic N) is 4. The van der Waals surface area contributed by atoms with Crippen LogP contribution >= 0.6 is 0 Å². The summed E-state index contributed by atoms with van der Waals surface area (Å²) in [5.74, 6) is 0.157. The van der Waals surface area contributed by atoms with E-state index < -0.39 is 6.36 Å². The molecule has 0 unspecified atom stereocenters. The number of aromatic nitrogens is 4. The number of ether oxygens (including phenoxy) is 2. The molecule has 9 nitrogen and oxygen atoms in total. The number of nitrogen functional groups attached to an aromatic ring is 1. The van der Waals surface area contributed by atoms with Gasteiger partial charge in [-0.15, -0.1) is 18.3 Å². The zero-order valence-electron chi connectivity index (χ0n) is 16.7. The summed E-state index contributed by atoms with van der Waals surface area (Å²) in [6, 6.07) is 10.5. The van der Waals surface area contributed by atoms with Crippen molar-refractivity contribution in [2.24, 2.45) is 0 Å². The van der Waals surface area contributed by atoms with Crippen LogP contribution < -0.4 is 20.5 Å². The van der Waals surface area contributed by atoms with Gasteiger partial charge in [-0.2, -0.15) is 4.52 Å². The average Bonchev–Trinajstić information content (AvgIpc) is 3.16. The van der Waals surface area contributed by atoms with E-state index in [9.17, 15) is 18.0 Å². The van der Waals surface area contributed by atoms with Gasteiger partial charge in [0.2, 0.25) is 11.9 Å². The average molecular weight is 446 g/mol. The fourth-order valence-corrected chi connectivity index (χ4v) is 3.12. The predicted molar refractivity (Wildman–Crippen MR) is 108 cm³/mol. The number of benzene rings is 2. The highest BCUT2D eigenvalue weighted by Crippen LogP contribution is 2.27. The molecule has 0 atom stereocenters. The third-order valence-corrected chi connectivity index (χ3v) is 4.52. The molecule has 0 bridgehead atoms. The maximum Gasteiger partial charge on any atom is 0.573 e. The number of para-hydroxylation sites is 1. The van der Waals surface area contributed by atoms with Crippen LogP contribution in [0.25, 0.3) is 16.6 Å². The van der Waals surface area contributed by atoms with Crippen molar-refractivity contribution in [3.8, 4) is 11.5 Å². The Morgan fingerprint density at radius 3 is 2.59 bits per heavy atom. The highest BCUT2D eigenvalue weighted by Gasteiger charge is 2.30. The minimum absolute atomic E-state index is 0.0947. The van der Waals surface area contributed by atoms with Crippen LogP contribution in [0.5, 0.6) is 11.5 Å². The number of halogens is 3. The standard InChI is InChI=1S/C20H17F3N6O3/c1-31-14-4-2-3-13-17(14)27-19(24)29-18(13)26-15(28-29)9-16(30)25-10-11-5-7-12(8-6-11)32-20(21,22)23/h2-8H,9-10H2,1H3,(H2,24,27)(H,25,30). The normalized spacial score (nSPS) is 11.6. The van der Waals surface area contributed by atoms with Crippen LogP contribution in [0.1, 0.15) is 11.4 Å². The predicted octanol–water partition coefficient (Wildman–Crippen LogP) is 2.63. The molecule has 0 spiro atoms. The van der Waals surface area contributed by atoms with Crippen molar-refractivity contribution in [1.82, 2.24) is 24.9 Å². The first-order chi connectivity index (χ1) is 15.2. The molecule has 2 heterocycles. The Morgan fingerprint density at radius 2 is 1.91 bits per heavy atom. The molecule has 166 valence electrons. The van der Waals surface area contributed by atoms with Gasteiger partial charge in [0, 0.05) is 11.9 Å². The van der Waals surface area contributed by atoms with Crippen LogP contribution in [-0.4, -0.2) is 39.0 Å². The van der Waals surface area contributed by atoms with Crippen LogP contribution in [0.15, 0.2) is 42.5 Å². The fourth-order valence-electron chi connectivity index (χ4n) is 3.12. The van der Waals surface area contributed by atoms with E-state index >= 15 is 0 Å². The fraction of sp³-hybridized carbons (Fsp3) is 0.200. The Labute approximate surface area is 179 Å². The number of fused-ring (bicyclic) bond motifs is 3. The van der Waals surface area contributed by atoms with Crippen LogP contribution in [0.3, 0.4) is 0 Å². The molecular weight excluding hydrogens is 429 g/mol. The Kier molecular flexibility index (Phi) is 5.43. The molecule has 2 aromatic carbocycles. The number of carbonyl (C=O) groups excluding carboxylic acids is 1. The minimum atomic E-state index is -4.76. The summed E-state index contributed by atoms with van der Waals surface area (Å²) >= 11 is 0. The molecule has 0 radical (unpaired) electrons. The van der Waals surface area contributed by atoms with Crippen molar-refractivity contribution in [3.63, 3.8) is 0 Å². The van der Waals surface area contributed by atoms with Gasteiger partial charge in [0.15, 0.2) is 11.5 Å². The number of hydrogen-bond acceptors (Lipinski definition) is 7. The summed E-state index contributed by atoms with van der Waals surface area (Å²) < 4.78 is 47.1. The molecule has 0 saturated carbocycles. The SMILES string of the molecule is COc1cccc2c1nc(N)n1nc(CC(=O)NCc3ccc(OC(F)(F)F)cc3)nc21. The number of alkyl halides is 3. The van der Waals surface area contributed by atoms with Crippen LogP contribution in [-0.2, 0) is 17.8 Å². The second kappa shape index (κ2) is 8.21. The number of rotatable bonds is 6. The van der Waals surface area contributed by atoms with E-state index in [0.717, 1.165) is 0 Å². The van der Waals surface area contributed by atoms with Crippen molar-refractivity contribution in [2.75, 3.05) is 12.8 Å². The smallest absolute Gasteiger partial charge is 0.494 e. The molecule has 0 saturated heterocycles. The van der Waals surface area contributed by atoms with E-state index in [1.165, 1.54) is 35.9 Å². The number of nitrogens with one attached hydrogen (secondary N) is 1. The van der Waals surface area contributed by atoms with Gasteiger partial charge >= 0.3 is 6.36 Å². The third kappa shape index (κ3) is 4.48.